The van der Waals surface area contributed by atoms with Crippen molar-refractivity contribution < 1.29 is 14.5 Å². The summed E-state index contributed by atoms with van der Waals surface area (Å²) in [5.74, 6) is 0. The number of nitrogens with zero attached hydrogens (tertiary/aromatic N) is 1. The third-order valence-electron chi connectivity index (χ3n) is 5.32. The lowest BCUT2D eigenvalue weighted by Gasteiger charge is -2.41. The van der Waals surface area contributed by atoms with Gasteiger partial charge in [-0.2, -0.15) is 0 Å². The Labute approximate surface area is 146 Å². The van der Waals surface area contributed by atoms with Crippen LogP contribution < -0.4 is 4.72 Å². The van der Waals surface area contributed by atoms with E-state index in [0.717, 1.165) is 31.2 Å². The summed E-state index contributed by atoms with van der Waals surface area (Å²) in [6.07, 6.45) is 2.55. The van der Waals surface area contributed by atoms with Gasteiger partial charge in [-0.3, -0.25) is 4.90 Å². The molecule has 0 unspecified atom stereocenters. The lowest BCUT2D eigenvalue weighted by Crippen LogP contribution is -2.55. The van der Waals surface area contributed by atoms with E-state index in [4.69, 9.17) is 0 Å². The number of fused-ring (bicyclic) bond motifs is 2. The van der Waals surface area contributed by atoms with Crippen LogP contribution in [0, 0.1) is 0 Å². The van der Waals surface area contributed by atoms with Crippen molar-refractivity contribution in [1.29, 1.82) is 0 Å². The SMILES string of the molecule is CC(C)(C)[S@@+]([O-])N[C@H](c1ccccc1)C12CCC(CC1)N2C(=O)O. The van der Waals surface area contributed by atoms with Crippen molar-refractivity contribution >= 4 is 17.5 Å². The van der Waals surface area contributed by atoms with E-state index in [1.165, 1.54) is 0 Å². The first kappa shape index (κ1) is 17.6. The van der Waals surface area contributed by atoms with Gasteiger partial charge in [0.25, 0.3) is 0 Å². The molecule has 1 amide bonds. The highest BCUT2D eigenvalue weighted by Gasteiger charge is 2.59. The maximum absolute atomic E-state index is 12.8. The average molecular weight is 350 g/mol. The molecule has 1 aromatic rings. The number of hydrogen-bond donors (Lipinski definition) is 2. The van der Waals surface area contributed by atoms with Crippen LogP contribution in [0.25, 0.3) is 0 Å². The van der Waals surface area contributed by atoms with E-state index in [0.29, 0.717) is 0 Å². The summed E-state index contributed by atoms with van der Waals surface area (Å²) >= 11 is -1.27. The van der Waals surface area contributed by atoms with Gasteiger partial charge in [-0.05, 0) is 52.0 Å². The number of amides is 1. The molecule has 2 heterocycles. The van der Waals surface area contributed by atoms with Gasteiger partial charge in [-0.15, -0.1) is 4.72 Å². The number of nitrogens with one attached hydrogen (secondary N) is 1. The minimum absolute atomic E-state index is 0.0959. The van der Waals surface area contributed by atoms with Crippen molar-refractivity contribution in [3.8, 4) is 0 Å². The minimum atomic E-state index is -1.27. The fourth-order valence-electron chi connectivity index (χ4n) is 4.16. The molecule has 2 atom stereocenters. The molecule has 2 bridgehead atoms. The van der Waals surface area contributed by atoms with Crippen LogP contribution in [0.1, 0.15) is 58.1 Å². The highest BCUT2D eigenvalue weighted by Crippen LogP contribution is 2.53. The molecular formula is C18H26N2O3S. The molecule has 0 aliphatic carbocycles. The summed E-state index contributed by atoms with van der Waals surface area (Å²) in [6, 6.07) is 9.68. The fraction of sp³-hybridized carbons (Fsp3) is 0.611. The van der Waals surface area contributed by atoms with Gasteiger partial charge in [0, 0.05) is 17.4 Å². The van der Waals surface area contributed by atoms with Crippen molar-refractivity contribution in [1.82, 2.24) is 9.62 Å². The van der Waals surface area contributed by atoms with Crippen molar-refractivity contribution in [2.24, 2.45) is 0 Å². The van der Waals surface area contributed by atoms with E-state index >= 15 is 0 Å². The lowest BCUT2D eigenvalue weighted by molar-refractivity contribution is 0.0919. The molecule has 2 saturated heterocycles. The lowest BCUT2D eigenvalue weighted by atomic mass is 9.79. The monoisotopic (exact) mass is 350 g/mol. The molecule has 0 saturated carbocycles. The van der Waals surface area contributed by atoms with E-state index in [1.807, 2.05) is 51.1 Å². The molecule has 5 nitrogen and oxygen atoms in total. The number of benzene rings is 1. The van der Waals surface area contributed by atoms with Crippen molar-refractivity contribution in [3.63, 3.8) is 0 Å². The zero-order valence-electron chi connectivity index (χ0n) is 14.5. The Morgan fingerprint density at radius 1 is 1.33 bits per heavy atom. The third kappa shape index (κ3) is 2.91. The average Bonchev–Trinajstić information content (AvgIpc) is 3.08. The van der Waals surface area contributed by atoms with Crippen LogP contribution in [-0.2, 0) is 11.4 Å². The normalized spacial score (nSPS) is 28.8. The maximum Gasteiger partial charge on any atom is 0.408 e. The van der Waals surface area contributed by atoms with E-state index < -0.39 is 27.7 Å². The zero-order valence-corrected chi connectivity index (χ0v) is 15.3. The van der Waals surface area contributed by atoms with Crippen LogP contribution in [0.2, 0.25) is 0 Å². The van der Waals surface area contributed by atoms with Gasteiger partial charge in [-0.25, -0.2) is 4.79 Å². The molecule has 24 heavy (non-hydrogen) atoms. The minimum Gasteiger partial charge on any atom is -0.598 e. The molecule has 0 spiro atoms. The van der Waals surface area contributed by atoms with Gasteiger partial charge in [-0.1, -0.05) is 30.3 Å². The van der Waals surface area contributed by atoms with Gasteiger partial charge in [0.1, 0.15) is 10.8 Å². The summed E-state index contributed by atoms with van der Waals surface area (Å²) in [5, 5.41) is 9.77. The van der Waals surface area contributed by atoms with Crippen LogP contribution in [-0.4, -0.2) is 37.0 Å². The second-order valence-electron chi connectivity index (χ2n) is 7.83. The molecular weight excluding hydrogens is 324 g/mol. The highest BCUT2D eigenvalue weighted by molar-refractivity contribution is 7.90. The first-order valence-electron chi connectivity index (χ1n) is 8.51. The molecule has 132 valence electrons. The molecule has 6 heteroatoms. The smallest absolute Gasteiger partial charge is 0.408 e. The summed E-state index contributed by atoms with van der Waals surface area (Å²) in [5.41, 5.74) is 0.502. The van der Waals surface area contributed by atoms with Gasteiger partial charge >= 0.3 is 6.09 Å². The predicted molar refractivity (Wildman–Crippen MR) is 95.1 cm³/mol. The van der Waals surface area contributed by atoms with Crippen molar-refractivity contribution in [3.05, 3.63) is 35.9 Å². The van der Waals surface area contributed by atoms with Crippen LogP contribution in [0.15, 0.2) is 30.3 Å². The summed E-state index contributed by atoms with van der Waals surface area (Å²) in [6.45, 7) is 5.78. The van der Waals surface area contributed by atoms with Gasteiger partial charge < -0.3 is 9.66 Å². The van der Waals surface area contributed by atoms with E-state index in [1.54, 1.807) is 4.90 Å². The molecule has 2 aliphatic heterocycles. The van der Waals surface area contributed by atoms with Gasteiger partial charge in [0.15, 0.2) is 0 Å². The van der Waals surface area contributed by atoms with Crippen LogP contribution in [0.4, 0.5) is 4.79 Å². The quantitative estimate of drug-likeness (QED) is 0.816. The molecule has 0 radical (unpaired) electrons. The van der Waals surface area contributed by atoms with Crippen LogP contribution in [0.3, 0.4) is 0 Å². The standard InChI is InChI=1S/C18H26N2O3S/c1-17(2,3)24(23)19-15(13-7-5-4-6-8-13)18-11-9-14(10-12-18)20(18)16(21)22/h4-8,14-15,19H,9-12H2,1-3H3,(H,21,22)/t14?,15-,18?,24-/m1/s1. The summed E-state index contributed by atoms with van der Waals surface area (Å²) in [7, 11) is 0. The highest BCUT2D eigenvalue weighted by atomic mass is 32.2. The zero-order chi connectivity index (χ0) is 17.5. The first-order chi connectivity index (χ1) is 11.3. The molecule has 2 fully saturated rings. The molecule has 3 rings (SSSR count). The number of carboxylic acid groups (broad SMARTS) is 1. The second kappa shape index (κ2) is 6.24. The molecule has 2 N–H and O–H groups in total. The Bertz CT molecular complexity index is 594. The Morgan fingerprint density at radius 3 is 2.42 bits per heavy atom. The molecule has 2 aliphatic rings. The molecule has 0 aromatic heterocycles. The Hall–Kier alpha value is -1.24. The van der Waals surface area contributed by atoms with Gasteiger partial charge in [0.05, 0.1) is 5.54 Å². The van der Waals surface area contributed by atoms with Gasteiger partial charge in [0.2, 0.25) is 0 Å². The Kier molecular flexibility index (Phi) is 4.57. The Morgan fingerprint density at radius 2 is 1.92 bits per heavy atom. The number of hydrogen-bond acceptors (Lipinski definition) is 3. The number of rotatable bonds is 4. The fourth-order valence-corrected chi connectivity index (χ4v) is 5.08. The summed E-state index contributed by atoms with van der Waals surface area (Å²) in [4.78, 5) is 13.5. The van der Waals surface area contributed by atoms with E-state index in [9.17, 15) is 14.5 Å². The second-order valence-corrected chi connectivity index (χ2v) is 9.83. The van der Waals surface area contributed by atoms with Crippen LogP contribution in [0.5, 0.6) is 0 Å². The Balaban J connectivity index is 2.00. The van der Waals surface area contributed by atoms with Crippen LogP contribution >= 0.6 is 0 Å². The molecule has 1 aromatic carbocycles. The third-order valence-corrected chi connectivity index (χ3v) is 6.89. The largest absolute Gasteiger partial charge is 0.598 e. The maximum atomic E-state index is 12.8. The van der Waals surface area contributed by atoms with Crippen molar-refractivity contribution in [2.75, 3.05) is 0 Å². The topological polar surface area (TPSA) is 75.6 Å². The van der Waals surface area contributed by atoms with E-state index in [2.05, 4.69) is 4.72 Å². The van der Waals surface area contributed by atoms with E-state index in [-0.39, 0.29) is 12.1 Å². The summed E-state index contributed by atoms with van der Waals surface area (Å²) < 4.78 is 15.7. The first-order valence-corrected chi connectivity index (χ1v) is 9.66. The predicted octanol–water partition coefficient (Wildman–Crippen LogP) is 3.45. The van der Waals surface area contributed by atoms with Crippen molar-refractivity contribution in [2.45, 2.75) is 68.8 Å². The number of carbonyl (C=O) groups is 1.